The van der Waals surface area contributed by atoms with Crippen LogP contribution < -0.4 is 14.2 Å². The molecule has 0 aliphatic carbocycles. The zero-order chi connectivity index (χ0) is 20.8. The molecule has 0 fully saturated rings. The van der Waals surface area contributed by atoms with E-state index in [4.69, 9.17) is 18.9 Å². The summed E-state index contributed by atoms with van der Waals surface area (Å²) in [6, 6.07) is 9.56. The number of nitro groups is 1. The van der Waals surface area contributed by atoms with Crippen molar-refractivity contribution in [3.05, 3.63) is 57.8 Å². The Hall–Kier alpha value is -4.08. The molecule has 152 valence electrons. The molecule has 2 aliphatic rings. The number of fused-ring (bicyclic) bond motifs is 4. The Morgan fingerprint density at radius 3 is 2.77 bits per heavy atom. The average molecular weight is 409 g/mol. The smallest absolute Gasteiger partial charge is 0.359 e. The fourth-order valence-corrected chi connectivity index (χ4v) is 3.52. The number of nitrogens with zero attached hydrogens (tertiary/aromatic N) is 3. The second-order valence-electron chi connectivity index (χ2n) is 6.57. The highest BCUT2D eigenvalue weighted by Crippen LogP contribution is 2.43. The molecule has 0 radical (unpaired) electrons. The molecule has 3 aromatic rings. The molecule has 10 nitrogen and oxygen atoms in total. The molecule has 0 saturated heterocycles. The van der Waals surface area contributed by atoms with Crippen LogP contribution in [0.1, 0.15) is 23.0 Å². The molecular formula is C20H15N3O7. The molecule has 0 saturated carbocycles. The maximum atomic E-state index is 12.5. The predicted octanol–water partition coefficient (Wildman–Crippen LogP) is 3.25. The van der Waals surface area contributed by atoms with Gasteiger partial charge in [-0.3, -0.25) is 10.1 Å². The first-order valence-electron chi connectivity index (χ1n) is 9.17. The molecule has 10 heteroatoms. The Morgan fingerprint density at radius 1 is 1.17 bits per heavy atom. The van der Waals surface area contributed by atoms with E-state index in [1.807, 2.05) is 0 Å². The molecule has 2 aliphatic heterocycles. The van der Waals surface area contributed by atoms with Crippen LogP contribution in [0.15, 0.2) is 36.4 Å². The van der Waals surface area contributed by atoms with E-state index in [-0.39, 0.29) is 31.4 Å². The van der Waals surface area contributed by atoms with E-state index in [1.165, 1.54) is 18.2 Å². The molecule has 3 heterocycles. The quantitative estimate of drug-likeness (QED) is 0.366. The lowest BCUT2D eigenvalue weighted by atomic mass is 10.0. The zero-order valence-corrected chi connectivity index (χ0v) is 15.8. The number of nitro benzene ring substituents is 1. The first kappa shape index (κ1) is 18.0. The molecule has 30 heavy (non-hydrogen) atoms. The summed E-state index contributed by atoms with van der Waals surface area (Å²) in [6.07, 6.45) is 0. The van der Waals surface area contributed by atoms with Gasteiger partial charge in [-0.15, -0.1) is 0 Å². The van der Waals surface area contributed by atoms with E-state index in [1.54, 1.807) is 29.8 Å². The molecule has 1 aromatic heterocycles. The Kier molecular flexibility index (Phi) is 4.05. The van der Waals surface area contributed by atoms with Crippen LogP contribution in [0.5, 0.6) is 17.2 Å². The molecule has 0 atom stereocenters. The fourth-order valence-electron chi connectivity index (χ4n) is 3.52. The van der Waals surface area contributed by atoms with Gasteiger partial charge in [0.25, 0.3) is 5.69 Å². The van der Waals surface area contributed by atoms with E-state index >= 15 is 0 Å². The van der Waals surface area contributed by atoms with Gasteiger partial charge in [0.15, 0.2) is 17.2 Å². The zero-order valence-electron chi connectivity index (χ0n) is 15.8. The number of hydrogen-bond acceptors (Lipinski definition) is 8. The summed E-state index contributed by atoms with van der Waals surface area (Å²) in [5, 5.41) is 15.8. The number of non-ortho nitro benzene ring substituents is 1. The van der Waals surface area contributed by atoms with E-state index in [0.29, 0.717) is 39.8 Å². The van der Waals surface area contributed by atoms with Crippen LogP contribution >= 0.6 is 0 Å². The third-order valence-corrected chi connectivity index (χ3v) is 4.85. The minimum Gasteiger partial charge on any atom is -0.488 e. The van der Waals surface area contributed by atoms with Crippen molar-refractivity contribution in [2.45, 2.75) is 13.5 Å². The van der Waals surface area contributed by atoms with Gasteiger partial charge in [0.1, 0.15) is 12.4 Å². The van der Waals surface area contributed by atoms with Crippen molar-refractivity contribution in [3.63, 3.8) is 0 Å². The molecule has 0 spiro atoms. The second-order valence-corrected chi connectivity index (χ2v) is 6.57. The lowest BCUT2D eigenvalue weighted by molar-refractivity contribution is -0.384. The standard InChI is InChI=1S/C20H15N3O7/c1-2-27-20(24)18-14-9-28-15-5-4-12(23(25)26)7-13(15)19(14)22(21-18)11-3-6-16-17(8-11)30-10-29-16/h3-8H,2,9-10H2,1H3. The number of benzene rings is 2. The van der Waals surface area contributed by atoms with E-state index in [0.717, 1.165) is 0 Å². The monoisotopic (exact) mass is 409 g/mol. The second kappa shape index (κ2) is 6.76. The van der Waals surface area contributed by atoms with E-state index < -0.39 is 10.9 Å². The number of hydrogen-bond donors (Lipinski definition) is 0. The van der Waals surface area contributed by atoms with Gasteiger partial charge in [-0.1, -0.05) is 0 Å². The summed E-state index contributed by atoms with van der Waals surface area (Å²) in [6.45, 7) is 2.09. The number of carbonyl (C=O) groups is 1. The number of esters is 1. The molecule has 2 aromatic carbocycles. The molecule has 0 N–H and O–H groups in total. The number of ether oxygens (including phenoxy) is 4. The van der Waals surface area contributed by atoms with Crippen molar-refractivity contribution >= 4 is 11.7 Å². The summed E-state index contributed by atoms with van der Waals surface area (Å²) >= 11 is 0. The number of rotatable bonds is 4. The molecule has 5 rings (SSSR count). The highest BCUT2D eigenvalue weighted by atomic mass is 16.7. The van der Waals surface area contributed by atoms with Gasteiger partial charge < -0.3 is 18.9 Å². The maximum Gasteiger partial charge on any atom is 0.359 e. The van der Waals surface area contributed by atoms with Gasteiger partial charge >= 0.3 is 5.97 Å². The minimum atomic E-state index is -0.592. The number of carbonyl (C=O) groups excluding carboxylic acids is 1. The summed E-state index contributed by atoms with van der Waals surface area (Å²) in [7, 11) is 0. The SMILES string of the molecule is CCOC(=O)c1nn(-c2ccc3c(c2)OCO3)c2c1COc1ccc([N+](=O)[O-])cc1-2. The van der Waals surface area contributed by atoms with Crippen LogP contribution in [-0.4, -0.2) is 34.1 Å². The van der Waals surface area contributed by atoms with Gasteiger partial charge in [0.05, 0.1) is 28.5 Å². The van der Waals surface area contributed by atoms with Gasteiger partial charge in [-0.05, 0) is 25.1 Å². The Labute approximate surface area is 169 Å². The van der Waals surface area contributed by atoms with E-state index in [9.17, 15) is 14.9 Å². The molecule has 0 amide bonds. The average Bonchev–Trinajstić information content (AvgIpc) is 3.37. The lowest BCUT2D eigenvalue weighted by Gasteiger charge is -2.19. The fraction of sp³-hybridized carbons (Fsp3) is 0.200. The lowest BCUT2D eigenvalue weighted by Crippen LogP contribution is -2.12. The summed E-state index contributed by atoms with van der Waals surface area (Å²) < 4.78 is 23.2. The van der Waals surface area contributed by atoms with Gasteiger partial charge in [-0.2, -0.15) is 5.10 Å². The van der Waals surface area contributed by atoms with Crippen molar-refractivity contribution in [1.29, 1.82) is 0 Å². The normalized spacial score (nSPS) is 13.2. The largest absolute Gasteiger partial charge is 0.488 e. The van der Waals surface area contributed by atoms with E-state index in [2.05, 4.69) is 5.10 Å². The molecule has 0 bridgehead atoms. The van der Waals surface area contributed by atoms with Gasteiger partial charge in [0.2, 0.25) is 6.79 Å². The minimum absolute atomic E-state index is 0.0822. The Balaban J connectivity index is 1.75. The third kappa shape index (κ3) is 2.72. The van der Waals surface area contributed by atoms with Crippen LogP contribution in [0.4, 0.5) is 5.69 Å². The molecular weight excluding hydrogens is 394 g/mol. The van der Waals surface area contributed by atoms with Crippen molar-refractivity contribution in [2.24, 2.45) is 0 Å². The van der Waals surface area contributed by atoms with Crippen LogP contribution in [0.25, 0.3) is 16.9 Å². The van der Waals surface area contributed by atoms with Crippen molar-refractivity contribution in [1.82, 2.24) is 9.78 Å². The first-order valence-corrected chi connectivity index (χ1v) is 9.17. The van der Waals surface area contributed by atoms with Crippen LogP contribution in [0.3, 0.4) is 0 Å². The molecule has 0 unspecified atom stereocenters. The van der Waals surface area contributed by atoms with Crippen molar-refractivity contribution in [2.75, 3.05) is 13.4 Å². The summed E-state index contributed by atoms with van der Waals surface area (Å²) in [5.41, 5.74) is 2.10. The summed E-state index contributed by atoms with van der Waals surface area (Å²) in [5.74, 6) is 1.02. The maximum absolute atomic E-state index is 12.5. The summed E-state index contributed by atoms with van der Waals surface area (Å²) in [4.78, 5) is 23.4. The van der Waals surface area contributed by atoms with Crippen molar-refractivity contribution < 1.29 is 28.7 Å². The Morgan fingerprint density at radius 2 is 1.97 bits per heavy atom. The van der Waals surface area contributed by atoms with Crippen LogP contribution in [0.2, 0.25) is 0 Å². The predicted molar refractivity (Wildman–Crippen MR) is 102 cm³/mol. The van der Waals surface area contributed by atoms with Crippen LogP contribution in [-0.2, 0) is 11.3 Å². The van der Waals surface area contributed by atoms with Crippen LogP contribution in [0, 0.1) is 10.1 Å². The Bertz CT molecular complexity index is 1200. The highest BCUT2D eigenvalue weighted by molar-refractivity contribution is 5.93. The third-order valence-electron chi connectivity index (χ3n) is 4.85. The van der Waals surface area contributed by atoms with Gasteiger partial charge in [-0.25, -0.2) is 9.48 Å². The topological polar surface area (TPSA) is 115 Å². The first-order chi connectivity index (χ1) is 14.6. The van der Waals surface area contributed by atoms with Gasteiger partial charge in [0, 0.05) is 23.8 Å². The number of aromatic nitrogens is 2. The highest BCUT2D eigenvalue weighted by Gasteiger charge is 2.32. The van der Waals surface area contributed by atoms with Crippen molar-refractivity contribution in [3.8, 4) is 34.2 Å².